The number of aromatic nitrogens is 2. The molecule has 0 saturated heterocycles. The highest BCUT2D eigenvalue weighted by molar-refractivity contribution is 5.98. The number of hydrazone groups is 1. The molecule has 2 aromatic rings. The molecule has 0 aliphatic carbocycles. The molecule has 0 saturated carbocycles. The summed E-state index contributed by atoms with van der Waals surface area (Å²) in [7, 11) is 0. The number of carbonyl (C=O) groups excluding carboxylic acids is 1. The highest BCUT2D eigenvalue weighted by Crippen LogP contribution is 2.39. The fourth-order valence-corrected chi connectivity index (χ4v) is 2.34. The lowest BCUT2D eigenvalue weighted by atomic mass is 9.98. The fourth-order valence-electron chi connectivity index (χ4n) is 2.34. The molecular weight excluding hydrogens is 325 g/mol. The number of carbonyl (C=O) groups is 1. The Labute approximate surface area is 134 Å². The Bertz CT molecular complexity index is 780. The molecule has 1 aliphatic heterocycles. The van der Waals surface area contributed by atoms with Crippen LogP contribution < -0.4 is 0 Å². The lowest BCUT2D eigenvalue weighted by Crippen LogP contribution is -2.44. The van der Waals surface area contributed by atoms with Gasteiger partial charge >= 0.3 is 6.18 Å². The van der Waals surface area contributed by atoms with E-state index >= 15 is 0 Å². The number of halogens is 3. The molecule has 0 radical (unpaired) electrons. The molecule has 1 amide bonds. The van der Waals surface area contributed by atoms with Crippen LogP contribution in [0.2, 0.25) is 0 Å². The Morgan fingerprint density at radius 1 is 1.21 bits per heavy atom. The van der Waals surface area contributed by atoms with Gasteiger partial charge in [0.05, 0.1) is 6.42 Å². The topological polar surface area (TPSA) is 78.7 Å². The largest absolute Gasteiger partial charge is 0.431 e. The van der Waals surface area contributed by atoms with Gasteiger partial charge in [0.25, 0.3) is 5.91 Å². The summed E-state index contributed by atoms with van der Waals surface area (Å²) in [6.45, 7) is 0. The van der Waals surface area contributed by atoms with E-state index in [0.29, 0.717) is 5.01 Å². The van der Waals surface area contributed by atoms with Gasteiger partial charge in [-0.25, -0.2) is 0 Å². The van der Waals surface area contributed by atoms with Gasteiger partial charge in [-0.2, -0.15) is 23.3 Å². The molecule has 3 rings (SSSR count). The van der Waals surface area contributed by atoms with Crippen molar-refractivity contribution >= 4 is 11.6 Å². The second-order valence-electron chi connectivity index (χ2n) is 5.11. The molecule has 1 aliphatic rings. The van der Waals surface area contributed by atoms with E-state index < -0.39 is 29.9 Å². The summed E-state index contributed by atoms with van der Waals surface area (Å²) in [5.41, 5.74) is -3.64. The molecule has 0 unspecified atom stereocenters. The zero-order valence-electron chi connectivity index (χ0n) is 12.1. The van der Waals surface area contributed by atoms with Crippen molar-refractivity contribution in [2.75, 3.05) is 0 Å². The second kappa shape index (κ2) is 5.68. The average molecular weight is 336 g/mol. The quantitative estimate of drug-likeness (QED) is 0.911. The maximum atomic E-state index is 13.0. The Kier molecular flexibility index (Phi) is 3.80. The first-order valence-electron chi connectivity index (χ1n) is 6.85. The molecule has 6 nitrogen and oxygen atoms in total. The van der Waals surface area contributed by atoms with Gasteiger partial charge in [-0.3, -0.25) is 14.8 Å². The van der Waals surface area contributed by atoms with Gasteiger partial charge in [-0.15, -0.1) is 0 Å². The molecule has 24 heavy (non-hydrogen) atoms. The maximum Gasteiger partial charge on any atom is 0.431 e. The maximum absolute atomic E-state index is 13.0. The number of pyridine rings is 2. The lowest BCUT2D eigenvalue weighted by Gasteiger charge is -2.30. The Morgan fingerprint density at radius 3 is 2.58 bits per heavy atom. The molecule has 0 bridgehead atoms. The molecule has 0 fully saturated rings. The molecule has 2 aromatic heterocycles. The molecule has 1 atom stereocenters. The normalized spacial score (nSPS) is 20.8. The van der Waals surface area contributed by atoms with E-state index in [1.165, 1.54) is 42.9 Å². The summed E-state index contributed by atoms with van der Waals surface area (Å²) in [6, 6.07) is 7.21. The summed E-state index contributed by atoms with van der Waals surface area (Å²) in [5, 5.41) is 14.5. The van der Waals surface area contributed by atoms with Crippen LogP contribution in [-0.2, 0) is 5.72 Å². The van der Waals surface area contributed by atoms with Crippen LogP contribution in [0.25, 0.3) is 0 Å². The zero-order chi connectivity index (χ0) is 17.4. The van der Waals surface area contributed by atoms with Crippen molar-refractivity contribution in [3.63, 3.8) is 0 Å². The first-order valence-corrected chi connectivity index (χ1v) is 6.85. The third-order valence-electron chi connectivity index (χ3n) is 3.51. The summed E-state index contributed by atoms with van der Waals surface area (Å²) >= 11 is 0. The van der Waals surface area contributed by atoms with Crippen LogP contribution in [0.3, 0.4) is 0 Å². The van der Waals surface area contributed by atoms with Crippen LogP contribution >= 0.6 is 0 Å². The molecule has 3 heterocycles. The van der Waals surface area contributed by atoms with Gasteiger partial charge in [0.2, 0.25) is 0 Å². The molecule has 124 valence electrons. The van der Waals surface area contributed by atoms with Crippen molar-refractivity contribution < 1.29 is 23.1 Å². The number of aliphatic hydroxyl groups is 1. The predicted octanol–water partition coefficient (Wildman–Crippen LogP) is 2.09. The van der Waals surface area contributed by atoms with Gasteiger partial charge in [0.15, 0.2) is 5.72 Å². The number of hydrogen-bond acceptors (Lipinski definition) is 5. The third kappa shape index (κ3) is 2.73. The molecule has 0 aromatic carbocycles. The SMILES string of the molecule is O=C(c1ccccn1)N1N=C(C(F)(F)F)C[C@]1(O)c1cccnc1. The Hall–Kier alpha value is -2.81. The van der Waals surface area contributed by atoms with E-state index in [2.05, 4.69) is 15.1 Å². The fraction of sp³-hybridized carbons (Fsp3) is 0.200. The van der Waals surface area contributed by atoms with Gasteiger partial charge in [-0.1, -0.05) is 12.1 Å². The molecule has 0 spiro atoms. The number of hydrogen-bond donors (Lipinski definition) is 1. The molecular formula is C15H11F3N4O2. The first-order chi connectivity index (χ1) is 11.3. The van der Waals surface area contributed by atoms with Crippen LogP contribution in [-0.4, -0.2) is 37.9 Å². The van der Waals surface area contributed by atoms with E-state index in [1.807, 2.05) is 0 Å². The zero-order valence-corrected chi connectivity index (χ0v) is 12.1. The highest BCUT2D eigenvalue weighted by atomic mass is 19.4. The second-order valence-corrected chi connectivity index (χ2v) is 5.11. The summed E-state index contributed by atoms with van der Waals surface area (Å²) in [5.74, 6) is -0.943. The van der Waals surface area contributed by atoms with Crippen molar-refractivity contribution in [1.29, 1.82) is 0 Å². The van der Waals surface area contributed by atoms with Crippen molar-refractivity contribution in [2.24, 2.45) is 5.10 Å². The summed E-state index contributed by atoms with van der Waals surface area (Å²) in [6.07, 6.45) is -1.75. The monoisotopic (exact) mass is 336 g/mol. The molecule has 1 N–H and O–H groups in total. The minimum absolute atomic E-state index is 0.0253. The van der Waals surface area contributed by atoms with Crippen LogP contribution in [0.4, 0.5) is 13.2 Å². The van der Waals surface area contributed by atoms with E-state index in [-0.39, 0.29) is 11.3 Å². The summed E-state index contributed by atoms with van der Waals surface area (Å²) < 4.78 is 39.1. The lowest BCUT2D eigenvalue weighted by molar-refractivity contribution is -0.0819. The van der Waals surface area contributed by atoms with Gasteiger partial charge in [0.1, 0.15) is 11.4 Å². The van der Waals surface area contributed by atoms with Crippen LogP contribution in [0.1, 0.15) is 22.5 Å². The van der Waals surface area contributed by atoms with E-state index in [9.17, 15) is 23.1 Å². The van der Waals surface area contributed by atoms with E-state index in [1.54, 1.807) is 6.07 Å². The molecule has 9 heteroatoms. The number of nitrogens with zero attached hydrogens (tertiary/aromatic N) is 4. The summed E-state index contributed by atoms with van der Waals surface area (Å²) in [4.78, 5) is 20.1. The Morgan fingerprint density at radius 2 is 2.00 bits per heavy atom. The number of amides is 1. The van der Waals surface area contributed by atoms with Crippen molar-refractivity contribution in [1.82, 2.24) is 15.0 Å². The van der Waals surface area contributed by atoms with Crippen LogP contribution in [0, 0.1) is 0 Å². The van der Waals surface area contributed by atoms with Gasteiger partial charge < -0.3 is 5.11 Å². The highest BCUT2D eigenvalue weighted by Gasteiger charge is 2.53. The van der Waals surface area contributed by atoms with Gasteiger partial charge in [-0.05, 0) is 18.2 Å². The third-order valence-corrected chi connectivity index (χ3v) is 3.51. The van der Waals surface area contributed by atoms with Gasteiger partial charge in [0, 0.05) is 24.2 Å². The van der Waals surface area contributed by atoms with Crippen LogP contribution in [0.15, 0.2) is 54.0 Å². The minimum atomic E-state index is -4.77. The van der Waals surface area contributed by atoms with E-state index in [4.69, 9.17) is 0 Å². The smallest absolute Gasteiger partial charge is 0.365 e. The minimum Gasteiger partial charge on any atom is -0.365 e. The number of rotatable bonds is 2. The van der Waals surface area contributed by atoms with Crippen molar-refractivity contribution in [3.8, 4) is 0 Å². The van der Waals surface area contributed by atoms with E-state index in [0.717, 1.165) is 0 Å². The van der Waals surface area contributed by atoms with Crippen molar-refractivity contribution in [2.45, 2.75) is 18.3 Å². The number of alkyl halides is 3. The average Bonchev–Trinajstić information content (AvgIpc) is 2.95. The standard InChI is InChI=1S/C15H11F3N4O2/c16-15(17,18)12-8-14(24,10-4-3-6-19-9-10)22(21-12)13(23)11-5-1-2-7-20-11/h1-7,9,24H,8H2/t14-/m0/s1. The Balaban J connectivity index is 2.07. The van der Waals surface area contributed by atoms with Crippen LogP contribution in [0.5, 0.6) is 0 Å². The first kappa shape index (κ1) is 16.1. The van der Waals surface area contributed by atoms with Crippen molar-refractivity contribution in [3.05, 3.63) is 60.2 Å². The predicted molar refractivity (Wildman–Crippen MR) is 76.6 cm³/mol.